The zero-order valence-corrected chi connectivity index (χ0v) is 13.2. The zero-order chi connectivity index (χ0) is 16.7. The van der Waals surface area contributed by atoms with Crippen LogP contribution in [0.2, 0.25) is 0 Å². The maximum atomic E-state index is 12.0. The van der Waals surface area contributed by atoms with E-state index in [9.17, 15) is 4.79 Å². The molecule has 0 atom stereocenters. The van der Waals surface area contributed by atoms with Crippen molar-refractivity contribution in [2.75, 3.05) is 0 Å². The van der Waals surface area contributed by atoms with Crippen molar-refractivity contribution in [1.82, 2.24) is 19.7 Å². The lowest BCUT2D eigenvalue weighted by atomic mass is 10.1. The Morgan fingerprint density at radius 1 is 1.00 bits per heavy atom. The molecule has 0 fully saturated rings. The number of hydrogen-bond acceptors (Lipinski definition) is 5. The van der Waals surface area contributed by atoms with E-state index in [0.717, 1.165) is 22.2 Å². The molecule has 2 aromatic carbocycles. The van der Waals surface area contributed by atoms with Crippen LogP contribution in [0.25, 0.3) is 33.9 Å². The molecule has 0 aliphatic carbocycles. The summed E-state index contributed by atoms with van der Waals surface area (Å²) in [6.07, 6.45) is 0. The lowest BCUT2D eigenvalue weighted by Gasteiger charge is -2.06. The molecule has 2 heterocycles. The van der Waals surface area contributed by atoms with Gasteiger partial charge in [0.2, 0.25) is 5.82 Å². The van der Waals surface area contributed by atoms with Crippen LogP contribution >= 0.6 is 0 Å². The first-order chi connectivity index (χ1) is 11.6. The second kappa shape index (κ2) is 5.42. The second-order valence-electron chi connectivity index (χ2n) is 5.55. The molecule has 0 amide bonds. The molecule has 0 unspecified atom stereocenters. The van der Waals surface area contributed by atoms with Gasteiger partial charge in [-0.3, -0.25) is 4.79 Å². The molecule has 0 aliphatic rings. The Morgan fingerprint density at radius 2 is 1.79 bits per heavy atom. The fraction of sp³-hybridized carbons (Fsp3) is 0.111. The summed E-state index contributed by atoms with van der Waals surface area (Å²) in [5.41, 5.74) is 3.51. The predicted octanol–water partition coefficient (Wildman–Crippen LogP) is 2.96. The van der Waals surface area contributed by atoms with Gasteiger partial charge in [0, 0.05) is 18.2 Å². The summed E-state index contributed by atoms with van der Waals surface area (Å²) in [7, 11) is 1.74. The molecule has 6 heteroatoms. The van der Waals surface area contributed by atoms with Gasteiger partial charge in [-0.1, -0.05) is 23.4 Å². The van der Waals surface area contributed by atoms with Crippen LogP contribution in [-0.2, 0) is 7.05 Å². The van der Waals surface area contributed by atoms with E-state index in [1.807, 2.05) is 48.5 Å². The van der Waals surface area contributed by atoms with Crippen LogP contribution in [0.5, 0.6) is 0 Å². The maximum Gasteiger partial charge on any atom is 0.272 e. The van der Waals surface area contributed by atoms with Crippen molar-refractivity contribution in [2.24, 2.45) is 7.05 Å². The van der Waals surface area contributed by atoms with E-state index < -0.39 is 0 Å². The van der Waals surface area contributed by atoms with Gasteiger partial charge in [-0.15, -0.1) is 0 Å². The van der Waals surface area contributed by atoms with Gasteiger partial charge in [-0.05, 0) is 37.3 Å². The highest BCUT2D eigenvalue weighted by molar-refractivity contribution is 5.80. The summed E-state index contributed by atoms with van der Waals surface area (Å²) in [6, 6.07) is 15.2. The molecule has 0 aliphatic heterocycles. The number of aryl methyl sites for hydroxylation is 2. The number of rotatable bonds is 2. The summed E-state index contributed by atoms with van der Waals surface area (Å²) < 4.78 is 6.94. The Kier molecular flexibility index (Phi) is 3.23. The molecular weight excluding hydrogens is 304 g/mol. The molecule has 0 N–H and O–H groups in total. The molecule has 4 rings (SSSR count). The Labute approximate surface area is 137 Å². The topological polar surface area (TPSA) is 73.8 Å². The van der Waals surface area contributed by atoms with Crippen molar-refractivity contribution < 1.29 is 4.52 Å². The van der Waals surface area contributed by atoms with Crippen molar-refractivity contribution in [1.29, 1.82) is 0 Å². The molecule has 0 bridgehead atoms. The maximum absolute atomic E-state index is 12.0. The standard InChI is InChI=1S/C18H14N4O2/c1-11-18(23)22(2)15-9-8-13(10-14(15)19-11)16-20-17(24-21-16)12-6-4-3-5-7-12/h3-10H,1-2H3. The molecule has 118 valence electrons. The third kappa shape index (κ3) is 2.28. The first kappa shape index (κ1) is 14.3. The van der Waals surface area contributed by atoms with Crippen molar-refractivity contribution in [3.8, 4) is 22.8 Å². The highest BCUT2D eigenvalue weighted by Gasteiger charge is 2.12. The monoisotopic (exact) mass is 318 g/mol. The average Bonchev–Trinajstić information content (AvgIpc) is 3.10. The first-order valence-electron chi connectivity index (χ1n) is 7.50. The molecule has 0 spiro atoms. The van der Waals surface area contributed by atoms with Crippen LogP contribution in [0.1, 0.15) is 5.69 Å². The third-order valence-electron chi connectivity index (χ3n) is 3.94. The van der Waals surface area contributed by atoms with E-state index in [1.165, 1.54) is 0 Å². The fourth-order valence-corrected chi connectivity index (χ4v) is 2.66. The van der Waals surface area contributed by atoms with Gasteiger partial charge in [-0.2, -0.15) is 4.98 Å². The second-order valence-corrected chi connectivity index (χ2v) is 5.55. The highest BCUT2D eigenvalue weighted by Crippen LogP contribution is 2.24. The smallest absolute Gasteiger partial charge is 0.272 e. The molecular formula is C18H14N4O2. The number of nitrogens with zero attached hydrogens (tertiary/aromatic N) is 4. The van der Waals surface area contributed by atoms with Gasteiger partial charge in [0.15, 0.2) is 0 Å². The van der Waals surface area contributed by atoms with E-state index in [2.05, 4.69) is 15.1 Å². The Hall–Kier alpha value is -3.28. The van der Waals surface area contributed by atoms with Gasteiger partial charge in [0.25, 0.3) is 11.4 Å². The van der Waals surface area contributed by atoms with Gasteiger partial charge in [0.1, 0.15) is 5.69 Å². The lowest BCUT2D eigenvalue weighted by Crippen LogP contribution is -2.20. The summed E-state index contributed by atoms with van der Waals surface area (Å²) in [6.45, 7) is 1.70. The SMILES string of the molecule is Cc1nc2cc(-c3noc(-c4ccccc4)n3)ccc2n(C)c1=O. The number of hydrogen-bond donors (Lipinski definition) is 0. The average molecular weight is 318 g/mol. The van der Waals surface area contributed by atoms with Gasteiger partial charge < -0.3 is 9.09 Å². The van der Waals surface area contributed by atoms with E-state index in [0.29, 0.717) is 17.4 Å². The summed E-state index contributed by atoms with van der Waals surface area (Å²) in [4.78, 5) is 20.8. The van der Waals surface area contributed by atoms with Gasteiger partial charge in [-0.25, -0.2) is 4.98 Å². The van der Waals surface area contributed by atoms with E-state index in [-0.39, 0.29) is 5.56 Å². The predicted molar refractivity (Wildman–Crippen MR) is 90.4 cm³/mol. The first-order valence-corrected chi connectivity index (χ1v) is 7.50. The Balaban J connectivity index is 1.82. The van der Waals surface area contributed by atoms with E-state index in [1.54, 1.807) is 18.5 Å². The van der Waals surface area contributed by atoms with Crippen molar-refractivity contribution in [3.63, 3.8) is 0 Å². The van der Waals surface area contributed by atoms with Crippen molar-refractivity contribution in [3.05, 3.63) is 64.6 Å². The van der Waals surface area contributed by atoms with Crippen LogP contribution in [0, 0.1) is 6.92 Å². The van der Waals surface area contributed by atoms with Crippen LogP contribution < -0.4 is 5.56 Å². The third-order valence-corrected chi connectivity index (χ3v) is 3.94. The molecule has 24 heavy (non-hydrogen) atoms. The minimum absolute atomic E-state index is 0.0961. The quantitative estimate of drug-likeness (QED) is 0.568. The fourth-order valence-electron chi connectivity index (χ4n) is 2.66. The minimum Gasteiger partial charge on any atom is -0.334 e. The van der Waals surface area contributed by atoms with Crippen molar-refractivity contribution >= 4 is 11.0 Å². The lowest BCUT2D eigenvalue weighted by molar-refractivity contribution is 0.432. The van der Waals surface area contributed by atoms with Crippen LogP contribution in [-0.4, -0.2) is 19.7 Å². The highest BCUT2D eigenvalue weighted by atomic mass is 16.5. The van der Waals surface area contributed by atoms with Crippen LogP contribution in [0.4, 0.5) is 0 Å². The molecule has 0 radical (unpaired) electrons. The van der Waals surface area contributed by atoms with Gasteiger partial charge >= 0.3 is 0 Å². The van der Waals surface area contributed by atoms with Gasteiger partial charge in [0.05, 0.1) is 11.0 Å². The minimum atomic E-state index is -0.0961. The molecule has 4 aromatic rings. The van der Waals surface area contributed by atoms with Crippen LogP contribution in [0.3, 0.4) is 0 Å². The molecule has 6 nitrogen and oxygen atoms in total. The number of fused-ring (bicyclic) bond motifs is 1. The van der Waals surface area contributed by atoms with Crippen LogP contribution in [0.15, 0.2) is 57.8 Å². The van der Waals surface area contributed by atoms with E-state index >= 15 is 0 Å². The number of benzene rings is 2. The molecule has 0 saturated heterocycles. The molecule has 2 aromatic heterocycles. The Bertz CT molecular complexity index is 1100. The summed E-state index contributed by atoms with van der Waals surface area (Å²) in [5, 5.41) is 4.05. The summed E-state index contributed by atoms with van der Waals surface area (Å²) >= 11 is 0. The summed E-state index contributed by atoms with van der Waals surface area (Å²) in [5.74, 6) is 0.958. The molecule has 0 saturated carbocycles. The normalized spacial score (nSPS) is 11.1. The van der Waals surface area contributed by atoms with Crippen molar-refractivity contribution in [2.45, 2.75) is 6.92 Å². The zero-order valence-electron chi connectivity index (χ0n) is 13.2. The Morgan fingerprint density at radius 3 is 2.58 bits per heavy atom. The largest absolute Gasteiger partial charge is 0.334 e. The van der Waals surface area contributed by atoms with E-state index in [4.69, 9.17) is 4.52 Å². The number of aromatic nitrogens is 4.